The average molecular weight is 260 g/mol. The van der Waals surface area contributed by atoms with E-state index in [1.54, 1.807) is 7.11 Å². The average Bonchev–Trinajstić information content (AvgIpc) is 2.85. The SMILES string of the molecule is COCCNCC(=O)NC(C)COC1CCOC1. The highest BCUT2D eigenvalue weighted by Crippen LogP contribution is 2.08. The summed E-state index contributed by atoms with van der Waals surface area (Å²) in [5.74, 6) is -0.0233. The monoisotopic (exact) mass is 260 g/mol. The summed E-state index contributed by atoms with van der Waals surface area (Å²) in [4.78, 5) is 11.5. The topological polar surface area (TPSA) is 68.8 Å². The Hall–Kier alpha value is -0.690. The van der Waals surface area contributed by atoms with Crippen molar-refractivity contribution in [1.82, 2.24) is 10.6 Å². The largest absolute Gasteiger partial charge is 0.383 e. The summed E-state index contributed by atoms with van der Waals surface area (Å²) >= 11 is 0. The predicted molar refractivity (Wildman–Crippen MR) is 67.5 cm³/mol. The molecule has 2 atom stereocenters. The van der Waals surface area contributed by atoms with Gasteiger partial charge in [-0.25, -0.2) is 0 Å². The van der Waals surface area contributed by atoms with Gasteiger partial charge in [-0.3, -0.25) is 4.79 Å². The van der Waals surface area contributed by atoms with Crippen LogP contribution in [0.25, 0.3) is 0 Å². The van der Waals surface area contributed by atoms with Crippen molar-refractivity contribution in [2.75, 3.05) is 46.6 Å². The molecule has 0 aromatic rings. The molecule has 0 radical (unpaired) electrons. The van der Waals surface area contributed by atoms with Crippen LogP contribution in [0.5, 0.6) is 0 Å². The first-order valence-electron chi connectivity index (χ1n) is 6.40. The van der Waals surface area contributed by atoms with Crippen LogP contribution < -0.4 is 10.6 Å². The van der Waals surface area contributed by atoms with E-state index in [4.69, 9.17) is 14.2 Å². The maximum absolute atomic E-state index is 11.5. The van der Waals surface area contributed by atoms with Crippen molar-refractivity contribution in [3.8, 4) is 0 Å². The fourth-order valence-electron chi connectivity index (χ4n) is 1.67. The lowest BCUT2D eigenvalue weighted by Crippen LogP contribution is -2.42. The Morgan fingerprint density at radius 2 is 2.39 bits per heavy atom. The molecule has 1 amide bonds. The molecule has 18 heavy (non-hydrogen) atoms. The molecule has 1 rings (SSSR count). The van der Waals surface area contributed by atoms with Crippen molar-refractivity contribution in [3.05, 3.63) is 0 Å². The third kappa shape index (κ3) is 6.90. The fourth-order valence-corrected chi connectivity index (χ4v) is 1.67. The number of ether oxygens (including phenoxy) is 3. The number of hydrogen-bond donors (Lipinski definition) is 2. The molecule has 0 spiro atoms. The maximum Gasteiger partial charge on any atom is 0.234 e. The molecule has 0 aromatic heterocycles. The zero-order valence-electron chi connectivity index (χ0n) is 11.2. The maximum atomic E-state index is 11.5. The highest BCUT2D eigenvalue weighted by molar-refractivity contribution is 5.78. The van der Waals surface area contributed by atoms with E-state index in [0.717, 1.165) is 13.0 Å². The number of methoxy groups -OCH3 is 1. The Labute approximate surface area is 108 Å². The van der Waals surface area contributed by atoms with Gasteiger partial charge in [0.15, 0.2) is 0 Å². The Kier molecular flexibility index (Phi) is 7.91. The quantitative estimate of drug-likeness (QED) is 0.549. The van der Waals surface area contributed by atoms with Gasteiger partial charge in [-0.05, 0) is 13.3 Å². The van der Waals surface area contributed by atoms with Crippen molar-refractivity contribution in [2.24, 2.45) is 0 Å². The van der Waals surface area contributed by atoms with E-state index < -0.39 is 0 Å². The van der Waals surface area contributed by atoms with Crippen LogP contribution in [0, 0.1) is 0 Å². The summed E-state index contributed by atoms with van der Waals surface area (Å²) in [5.41, 5.74) is 0. The molecule has 106 valence electrons. The van der Waals surface area contributed by atoms with Gasteiger partial charge in [0, 0.05) is 26.3 Å². The van der Waals surface area contributed by atoms with E-state index in [0.29, 0.717) is 32.9 Å². The first-order valence-corrected chi connectivity index (χ1v) is 6.40. The van der Waals surface area contributed by atoms with Crippen molar-refractivity contribution in [3.63, 3.8) is 0 Å². The number of carbonyl (C=O) groups excluding carboxylic acids is 1. The molecule has 2 N–H and O–H groups in total. The second kappa shape index (κ2) is 9.27. The van der Waals surface area contributed by atoms with Crippen LogP contribution in [0.15, 0.2) is 0 Å². The van der Waals surface area contributed by atoms with Crippen LogP contribution in [0.3, 0.4) is 0 Å². The molecule has 1 aliphatic rings. The lowest BCUT2D eigenvalue weighted by molar-refractivity contribution is -0.121. The van der Waals surface area contributed by atoms with E-state index in [9.17, 15) is 4.79 Å². The standard InChI is InChI=1S/C12H24N2O4/c1-10(8-18-11-3-5-17-9-11)14-12(15)7-13-4-6-16-2/h10-11,13H,3-9H2,1-2H3,(H,14,15). The van der Waals surface area contributed by atoms with Crippen molar-refractivity contribution < 1.29 is 19.0 Å². The van der Waals surface area contributed by atoms with E-state index in [1.807, 2.05) is 6.92 Å². The molecule has 2 unspecified atom stereocenters. The summed E-state index contributed by atoms with van der Waals surface area (Å²) in [6.07, 6.45) is 1.13. The molecular formula is C12H24N2O4. The normalized spacial score (nSPS) is 20.9. The van der Waals surface area contributed by atoms with Crippen LogP contribution in [0.1, 0.15) is 13.3 Å². The zero-order valence-corrected chi connectivity index (χ0v) is 11.2. The first-order chi connectivity index (χ1) is 8.72. The smallest absolute Gasteiger partial charge is 0.234 e. The van der Waals surface area contributed by atoms with Gasteiger partial charge in [0.25, 0.3) is 0 Å². The third-order valence-corrected chi connectivity index (χ3v) is 2.65. The lowest BCUT2D eigenvalue weighted by atomic mass is 10.3. The molecule has 0 bridgehead atoms. The zero-order chi connectivity index (χ0) is 13.2. The Morgan fingerprint density at radius 1 is 1.56 bits per heavy atom. The molecule has 6 heteroatoms. The third-order valence-electron chi connectivity index (χ3n) is 2.65. The highest BCUT2D eigenvalue weighted by atomic mass is 16.5. The second-order valence-electron chi connectivity index (χ2n) is 4.46. The molecule has 6 nitrogen and oxygen atoms in total. The fraction of sp³-hybridized carbons (Fsp3) is 0.917. The van der Waals surface area contributed by atoms with Gasteiger partial charge in [0.05, 0.1) is 32.5 Å². The van der Waals surface area contributed by atoms with Crippen LogP contribution >= 0.6 is 0 Å². The number of nitrogens with one attached hydrogen (secondary N) is 2. The van der Waals surface area contributed by atoms with E-state index in [2.05, 4.69) is 10.6 Å². The molecule has 1 saturated heterocycles. The van der Waals surface area contributed by atoms with Gasteiger partial charge < -0.3 is 24.8 Å². The second-order valence-corrected chi connectivity index (χ2v) is 4.46. The minimum atomic E-state index is -0.0233. The van der Waals surface area contributed by atoms with Crippen molar-refractivity contribution in [2.45, 2.75) is 25.5 Å². The summed E-state index contributed by atoms with van der Waals surface area (Å²) in [7, 11) is 1.63. The molecule has 1 heterocycles. The van der Waals surface area contributed by atoms with E-state index in [-0.39, 0.29) is 18.1 Å². The number of hydrogen-bond acceptors (Lipinski definition) is 5. The van der Waals surface area contributed by atoms with Gasteiger partial charge in [-0.1, -0.05) is 0 Å². The van der Waals surface area contributed by atoms with Gasteiger partial charge >= 0.3 is 0 Å². The first kappa shape index (κ1) is 15.4. The Balaban J connectivity index is 1.99. The van der Waals surface area contributed by atoms with Crippen LogP contribution in [-0.4, -0.2) is 64.7 Å². The minimum absolute atomic E-state index is 0.0160. The minimum Gasteiger partial charge on any atom is -0.383 e. The van der Waals surface area contributed by atoms with Crippen LogP contribution in [0.4, 0.5) is 0 Å². The van der Waals surface area contributed by atoms with Gasteiger partial charge in [0.1, 0.15) is 0 Å². The number of carbonyl (C=O) groups is 1. The molecule has 0 aliphatic carbocycles. The van der Waals surface area contributed by atoms with Crippen molar-refractivity contribution >= 4 is 5.91 Å². The van der Waals surface area contributed by atoms with Crippen molar-refractivity contribution in [1.29, 1.82) is 0 Å². The van der Waals surface area contributed by atoms with Crippen LogP contribution in [-0.2, 0) is 19.0 Å². The number of amides is 1. The Morgan fingerprint density at radius 3 is 3.06 bits per heavy atom. The van der Waals surface area contributed by atoms with Gasteiger partial charge in [-0.2, -0.15) is 0 Å². The van der Waals surface area contributed by atoms with E-state index in [1.165, 1.54) is 0 Å². The lowest BCUT2D eigenvalue weighted by Gasteiger charge is -2.17. The van der Waals surface area contributed by atoms with Gasteiger partial charge in [-0.15, -0.1) is 0 Å². The predicted octanol–water partition coefficient (Wildman–Crippen LogP) is -0.467. The van der Waals surface area contributed by atoms with E-state index >= 15 is 0 Å². The molecule has 0 saturated carbocycles. The summed E-state index contributed by atoms with van der Waals surface area (Å²) in [6.45, 7) is 5.48. The summed E-state index contributed by atoms with van der Waals surface area (Å²) in [5, 5.41) is 5.86. The number of rotatable bonds is 9. The molecule has 1 aliphatic heterocycles. The molecular weight excluding hydrogens is 236 g/mol. The van der Waals surface area contributed by atoms with Crippen LogP contribution in [0.2, 0.25) is 0 Å². The molecule has 1 fully saturated rings. The molecule has 0 aromatic carbocycles. The summed E-state index contributed by atoms with van der Waals surface area (Å²) < 4.78 is 15.7. The Bertz CT molecular complexity index is 232. The highest BCUT2D eigenvalue weighted by Gasteiger charge is 2.17. The van der Waals surface area contributed by atoms with Gasteiger partial charge in [0.2, 0.25) is 5.91 Å². The summed E-state index contributed by atoms with van der Waals surface area (Å²) in [6, 6.07) is 0.0160.